The number of amides is 1. The Morgan fingerprint density at radius 2 is 1.83 bits per heavy atom. The average molecular weight is 482 g/mol. The summed E-state index contributed by atoms with van der Waals surface area (Å²) in [5, 5.41) is 4.30. The van der Waals surface area contributed by atoms with Gasteiger partial charge in [-0.1, -0.05) is 56.3 Å². The van der Waals surface area contributed by atoms with E-state index in [4.69, 9.17) is 4.74 Å². The Bertz CT molecular complexity index is 1300. The van der Waals surface area contributed by atoms with Crippen molar-refractivity contribution in [3.8, 4) is 5.75 Å². The van der Waals surface area contributed by atoms with Crippen LogP contribution in [-0.4, -0.2) is 28.9 Å². The Hall–Kier alpha value is -3.57. The molecule has 0 aliphatic carbocycles. The number of hydrogen-bond donors (Lipinski definition) is 2. The fourth-order valence-corrected chi connectivity index (χ4v) is 4.95. The Balaban J connectivity index is 1.17. The van der Waals surface area contributed by atoms with E-state index in [9.17, 15) is 4.79 Å². The molecule has 1 saturated heterocycles. The summed E-state index contributed by atoms with van der Waals surface area (Å²) in [4.78, 5) is 18.1. The summed E-state index contributed by atoms with van der Waals surface area (Å²) in [5.41, 5.74) is 5.84. The minimum atomic E-state index is -0.0187. The van der Waals surface area contributed by atoms with Crippen LogP contribution in [0.25, 0.3) is 10.9 Å². The molecule has 0 unspecified atom stereocenters. The van der Waals surface area contributed by atoms with E-state index >= 15 is 0 Å². The third-order valence-electron chi connectivity index (χ3n) is 7.12. The molecule has 5 rings (SSSR count). The largest absolute Gasteiger partial charge is 0.489 e. The molecule has 2 N–H and O–H groups in total. The molecular weight excluding hydrogens is 446 g/mol. The van der Waals surface area contributed by atoms with E-state index in [-0.39, 0.29) is 11.8 Å². The van der Waals surface area contributed by atoms with Gasteiger partial charge in [0.2, 0.25) is 5.91 Å². The fourth-order valence-electron chi connectivity index (χ4n) is 4.95. The highest BCUT2D eigenvalue weighted by atomic mass is 16.5. The summed E-state index contributed by atoms with van der Waals surface area (Å²) < 4.78 is 6.00. The Morgan fingerprint density at radius 3 is 2.61 bits per heavy atom. The third kappa shape index (κ3) is 5.80. The molecule has 1 fully saturated rings. The Labute approximate surface area is 213 Å². The number of anilines is 1. The number of carbonyl (C=O) groups is 1. The zero-order valence-electron chi connectivity index (χ0n) is 21.2. The molecule has 1 aliphatic rings. The molecule has 1 amide bonds. The van der Waals surface area contributed by atoms with Crippen LogP contribution < -0.4 is 10.1 Å². The minimum absolute atomic E-state index is 0.0187. The quantitative estimate of drug-likeness (QED) is 0.294. The van der Waals surface area contributed by atoms with Crippen molar-refractivity contribution < 1.29 is 9.53 Å². The highest BCUT2D eigenvalue weighted by Crippen LogP contribution is 2.31. The van der Waals surface area contributed by atoms with Crippen molar-refractivity contribution in [1.82, 2.24) is 9.88 Å². The van der Waals surface area contributed by atoms with E-state index in [0.29, 0.717) is 12.5 Å². The van der Waals surface area contributed by atoms with Crippen LogP contribution in [0.3, 0.4) is 0 Å². The number of H-pyrrole nitrogens is 1. The lowest BCUT2D eigenvalue weighted by Gasteiger charge is -2.32. The van der Waals surface area contributed by atoms with E-state index in [1.165, 1.54) is 22.1 Å². The van der Waals surface area contributed by atoms with E-state index in [1.54, 1.807) is 0 Å². The molecule has 2 heterocycles. The van der Waals surface area contributed by atoms with Crippen LogP contribution in [0.15, 0.2) is 79.0 Å². The highest BCUT2D eigenvalue weighted by Gasteiger charge is 2.22. The summed E-state index contributed by atoms with van der Waals surface area (Å²) >= 11 is 0. The van der Waals surface area contributed by atoms with Gasteiger partial charge in [-0.2, -0.15) is 0 Å². The summed E-state index contributed by atoms with van der Waals surface area (Å²) in [6.45, 7) is 7.49. The monoisotopic (exact) mass is 481 g/mol. The molecule has 1 aliphatic heterocycles. The van der Waals surface area contributed by atoms with E-state index in [0.717, 1.165) is 49.4 Å². The lowest BCUT2D eigenvalue weighted by atomic mass is 9.89. The maximum atomic E-state index is 12.1. The topological polar surface area (TPSA) is 57.4 Å². The van der Waals surface area contributed by atoms with Crippen molar-refractivity contribution in [3.63, 3.8) is 0 Å². The van der Waals surface area contributed by atoms with Crippen molar-refractivity contribution in [1.29, 1.82) is 0 Å². The number of hydrogen-bond acceptors (Lipinski definition) is 3. The molecule has 5 nitrogen and oxygen atoms in total. The van der Waals surface area contributed by atoms with Gasteiger partial charge >= 0.3 is 0 Å². The number of rotatable bonds is 8. The van der Waals surface area contributed by atoms with Gasteiger partial charge in [0, 0.05) is 41.3 Å². The van der Waals surface area contributed by atoms with E-state index in [1.807, 2.05) is 38.1 Å². The first-order chi connectivity index (χ1) is 17.5. The number of nitrogens with zero attached hydrogens (tertiary/aromatic N) is 1. The zero-order valence-corrected chi connectivity index (χ0v) is 21.2. The molecule has 0 spiro atoms. The molecule has 0 saturated carbocycles. The average Bonchev–Trinajstić information content (AvgIpc) is 3.30. The van der Waals surface area contributed by atoms with Crippen LogP contribution >= 0.6 is 0 Å². The van der Waals surface area contributed by atoms with Gasteiger partial charge in [-0.25, -0.2) is 0 Å². The molecule has 0 bridgehead atoms. The molecule has 4 aromatic rings. The van der Waals surface area contributed by atoms with Crippen molar-refractivity contribution in [2.75, 3.05) is 18.4 Å². The van der Waals surface area contributed by atoms with Crippen LogP contribution in [-0.2, 0) is 17.9 Å². The zero-order chi connectivity index (χ0) is 24.9. The van der Waals surface area contributed by atoms with Crippen molar-refractivity contribution in [2.45, 2.75) is 45.8 Å². The minimum Gasteiger partial charge on any atom is -0.489 e. The first kappa shape index (κ1) is 24.1. The van der Waals surface area contributed by atoms with E-state index < -0.39 is 0 Å². The highest BCUT2D eigenvalue weighted by molar-refractivity contribution is 5.92. The summed E-state index contributed by atoms with van der Waals surface area (Å²) in [5.74, 6) is 1.46. The van der Waals surface area contributed by atoms with Crippen LogP contribution in [0.1, 0.15) is 49.3 Å². The van der Waals surface area contributed by atoms with Gasteiger partial charge in [0.1, 0.15) is 12.4 Å². The normalized spacial score (nSPS) is 14.9. The number of piperidine rings is 1. The molecule has 0 radical (unpaired) electrons. The first-order valence-electron chi connectivity index (χ1n) is 12.9. The summed E-state index contributed by atoms with van der Waals surface area (Å²) in [7, 11) is 0. The number of nitrogens with one attached hydrogen (secondary N) is 2. The van der Waals surface area contributed by atoms with Crippen LogP contribution in [0.5, 0.6) is 5.75 Å². The maximum absolute atomic E-state index is 12.1. The number of aromatic nitrogens is 1. The van der Waals surface area contributed by atoms with Gasteiger partial charge in [0.05, 0.1) is 0 Å². The molecule has 5 heteroatoms. The van der Waals surface area contributed by atoms with Crippen LogP contribution in [0.2, 0.25) is 0 Å². The number of ether oxygens (including phenoxy) is 1. The van der Waals surface area contributed by atoms with Gasteiger partial charge in [0.15, 0.2) is 0 Å². The second-order valence-electron chi connectivity index (χ2n) is 10.1. The number of aromatic amines is 1. The molecule has 3 aromatic carbocycles. The number of likely N-dealkylation sites (tertiary alicyclic amines) is 1. The molecular formula is C31H35N3O2. The summed E-state index contributed by atoms with van der Waals surface area (Å²) in [6.07, 6.45) is 4.39. The number of fused-ring (bicyclic) bond motifs is 1. The Kier molecular flexibility index (Phi) is 7.38. The van der Waals surface area contributed by atoms with E-state index in [2.05, 4.69) is 69.9 Å². The van der Waals surface area contributed by atoms with Crippen molar-refractivity contribution >= 4 is 22.5 Å². The molecule has 36 heavy (non-hydrogen) atoms. The maximum Gasteiger partial charge on any atom is 0.226 e. The predicted octanol–water partition coefficient (Wildman–Crippen LogP) is 6.72. The number of benzene rings is 3. The smallest absolute Gasteiger partial charge is 0.226 e. The molecule has 1 aromatic heterocycles. The van der Waals surface area contributed by atoms with Gasteiger partial charge < -0.3 is 15.0 Å². The lowest BCUT2D eigenvalue weighted by Crippen LogP contribution is -2.32. The summed E-state index contributed by atoms with van der Waals surface area (Å²) in [6, 6.07) is 25.0. The predicted molar refractivity (Wildman–Crippen MR) is 146 cm³/mol. The Morgan fingerprint density at radius 1 is 1.03 bits per heavy atom. The van der Waals surface area contributed by atoms with Gasteiger partial charge in [-0.05, 0) is 72.8 Å². The SMILES string of the molecule is CC(C)C(=O)Nc1cccc(C2CCN(Cc3c[nH]c4cc(OCc5ccccc5)ccc34)CC2)c1. The van der Waals surface area contributed by atoms with Crippen molar-refractivity contribution in [2.24, 2.45) is 5.92 Å². The van der Waals surface area contributed by atoms with Crippen molar-refractivity contribution in [3.05, 3.63) is 95.7 Å². The van der Waals surface area contributed by atoms with Crippen LogP contribution in [0, 0.1) is 5.92 Å². The second-order valence-corrected chi connectivity index (χ2v) is 10.1. The van der Waals surface area contributed by atoms with Gasteiger partial charge in [-0.15, -0.1) is 0 Å². The lowest BCUT2D eigenvalue weighted by molar-refractivity contribution is -0.118. The third-order valence-corrected chi connectivity index (χ3v) is 7.12. The fraction of sp³-hybridized carbons (Fsp3) is 0.323. The van der Waals surface area contributed by atoms with Crippen LogP contribution in [0.4, 0.5) is 5.69 Å². The van der Waals surface area contributed by atoms with Gasteiger partial charge in [-0.3, -0.25) is 9.69 Å². The second kappa shape index (κ2) is 11.0. The number of carbonyl (C=O) groups excluding carboxylic acids is 1. The first-order valence-corrected chi connectivity index (χ1v) is 12.9. The van der Waals surface area contributed by atoms with Gasteiger partial charge in [0.25, 0.3) is 0 Å². The molecule has 0 atom stereocenters. The molecule has 186 valence electrons. The standard InChI is InChI=1S/C31H35N3O2/c1-22(2)31(35)33-27-10-6-9-25(17-27)24-13-15-34(16-14-24)20-26-19-32-30-18-28(11-12-29(26)30)36-21-23-7-4-3-5-8-23/h3-12,17-19,22,24,32H,13-16,20-21H2,1-2H3,(H,33,35).